The Labute approximate surface area is 149 Å². The maximum atomic E-state index is 12.6. The van der Waals surface area contributed by atoms with E-state index >= 15 is 0 Å². The molecule has 1 aliphatic rings. The fraction of sp³-hybridized carbons (Fsp3) is 0.588. The maximum absolute atomic E-state index is 12.6. The standard InChI is InChI=1S/C17H26N2O5S/c1-13-7-9-19(10-8-13)25(22,23)16-5-3-14(4-6-16)17(21)18-11-15(20)12-24-2/h3-6,13,15,20H,7-12H2,1-2H3,(H,18,21). The Morgan fingerprint density at radius 3 is 2.48 bits per heavy atom. The van der Waals surface area contributed by atoms with Gasteiger partial charge in [0, 0.05) is 32.3 Å². The number of methoxy groups -OCH3 is 1. The number of amides is 1. The molecule has 0 aromatic heterocycles. The van der Waals surface area contributed by atoms with E-state index in [0.717, 1.165) is 12.8 Å². The van der Waals surface area contributed by atoms with Crippen molar-refractivity contribution in [3.05, 3.63) is 29.8 Å². The summed E-state index contributed by atoms with van der Waals surface area (Å²) in [4.78, 5) is 12.2. The minimum Gasteiger partial charge on any atom is -0.389 e. The number of rotatable bonds is 7. The molecule has 0 bridgehead atoms. The molecule has 2 rings (SSSR count). The molecule has 1 aromatic rings. The summed E-state index contributed by atoms with van der Waals surface area (Å²) in [7, 11) is -2.05. The maximum Gasteiger partial charge on any atom is 0.251 e. The van der Waals surface area contributed by atoms with Crippen molar-refractivity contribution in [2.24, 2.45) is 5.92 Å². The van der Waals surface area contributed by atoms with Crippen LogP contribution in [-0.2, 0) is 14.8 Å². The quantitative estimate of drug-likeness (QED) is 0.742. The number of ether oxygens (including phenoxy) is 1. The van der Waals surface area contributed by atoms with Crippen LogP contribution in [-0.4, -0.2) is 63.2 Å². The van der Waals surface area contributed by atoms with Gasteiger partial charge in [0.05, 0.1) is 17.6 Å². The van der Waals surface area contributed by atoms with E-state index in [0.29, 0.717) is 24.6 Å². The Bertz CT molecular complexity index is 667. The molecule has 2 N–H and O–H groups in total. The lowest BCUT2D eigenvalue weighted by atomic mass is 10.0. The zero-order valence-electron chi connectivity index (χ0n) is 14.6. The lowest BCUT2D eigenvalue weighted by Crippen LogP contribution is -2.38. The van der Waals surface area contributed by atoms with Crippen molar-refractivity contribution >= 4 is 15.9 Å². The molecular formula is C17H26N2O5S. The molecule has 1 saturated heterocycles. The van der Waals surface area contributed by atoms with Gasteiger partial charge in [-0.25, -0.2) is 8.42 Å². The molecule has 1 aliphatic heterocycles. The first-order valence-corrected chi connectivity index (χ1v) is 9.84. The van der Waals surface area contributed by atoms with E-state index < -0.39 is 16.1 Å². The van der Waals surface area contributed by atoms with Crippen LogP contribution in [0.5, 0.6) is 0 Å². The van der Waals surface area contributed by atoms with E-state index in [1.165, 1.54) is 35.7 Å². The molecule has 8 heteroatoms. The van der Waals surface area contributed by atoms with Crippen LogP contribution < -0.4 is 5.32 Å². The van der Waals surface area contributed by atoms with Crippen LogP contribution in [0.3, 0.4) is 0 Å². The molecule has 1 fully saturated rings. The third kappa shape index (κ3) is 5.24. The second-order valence-corrected chi connectivity index (χ2v) is 8.37. The average molecular weight is 370 g/mol. The van der Waals surface area contributed by atoms with Crippen molar-refractivity contribution in [3.8, 4) is 0 Å². The third-order valence-electron chi connectivity index (χ3n) is 4.35. The van der Waals surface area contributed by atoms with Crippen molar-refractivity contribution < 1.29 is 23.1 Å². The molecule has 1 amide bonds. The number of aliphatic hydroxyl groups is 1. The first-order chi connectivity index (χ1) is 11.8. The number of nitrogens with one attached hydrogen (secondary N) is 1. The minimum absolute atomic E-state index is 0.0681. The smallest absolute Gasteiger partial charge is 0.251 e. The highest BCUT2D eigenvalue weighted by molar-refractivity contribution is 7.89. The fourth-order valence-electron chi connectivity index (χ4n) is 2.72. The number of hydrogen-bond acceptors (Lipinski definition) is 5. The predicted octanol–water partition coefficient (Wildman–Crippen LogP) is 0.844. The van der Waals surface area contributed by atoms with Crippen LogP contribution in [0.4, 0.5) is 0 Å². The summed E-state index contributed by atoms with van der Waals surface area (Å²) in [5.74, 6) is 0.178. The predicted molar refractivity (Wildman–Crippen MR) is 93.8 cm³/mol. The number of hydrogen-bond donors (Lipinski definition) is 2. The highest BCUT2D eigenvalue weighted by Gasteiger charge is 2.28. The first kappa shape index (κ1) is 19.8. The van der Waals surface area contributed by atoms with Crippen LogP contribution in [0.1, 0.15) is 30.1 Å². The molecule has 1 heterocycles. The Hall–Kier alpha value is -1.48. The van der Waals surface area contributed by atoms with E-state index in [-0.39, 0.29) is 24.0 Å². The molecular weight excluding hydrogens is 344 g/mol. The molecule has 25 heavy (non-hydrogen) atoms. The summed E-state index contributed by atoms with van der Waals surface area (Å²) in [6, 6.07) is 5.87. The van der Waals surface area contributed by atoms with Crippen LogP contribution >= 0.6 is 0 Å². The number of carbonyl (C=O) groups excluding carboxylic acids is 1. The Morgan fingerprint density at radius 1 is 1.32 bits per heavy atom. The van der Waals surface area contributed by atoms with Crippen molar-refractivity contribution in [1.82, 2.24) is 9.62 Å². The minimum atomic E-state index is -3.52. The summed E-state index contributed by atoms with van der Waals surface area (Å²) < 4.78 is 31.6. The number of sulfonamides is 1. The van der Waals surface area contributed by atoms with Crippen LogP contribution in [0.25, 0.3) is 0 Å². The van der Waals surface area contributed by atoms with Gasteiger partial charge in [-0.3, -0.25) is 4.79 Å². The molecule has 0 radical (unpaired) electrons. The van der Waals surface area contributed by atoms with Crippen molar-refractivity contribution in [2.45, 2.75) is 30.8 Å². The van der Waals surface area contributed by atoms with Crippen LogP contribution in [0, 0.1) is 5.92 Å². The van der Waals surface area contributed by atoms with Gasteiger partial charge in [0.2, 0.25) is 10.0 Å². The third-order valence-corrected chi connectivity index (χ3v) is 6.27. The fourth-order valence-corrected chi connectivity index (χ4v) is 4.19. The Kier molecular flexibility index (Phi) is 6.95. The van der Waals surface area contributed by atoms with Gasteiger partial charge in [0.1, 0.15) is 0 Å². The summed E-state index contributed by atoms with van der Waals surface area (Å²) >= 11 is 0. The van der Waals surface area contributed by atoms with Gasteiger partial charge in [0.25, 0.3) is 5.91 Å². The lowest BCUT2D eigenvalue weighted by molar-refractivity contribution is 0.0610. The molecule has 0 saturated carbocycles. The summed E-state index contributed by atoms with van der Waals surface area (Å²) in [5, 5.41) is 12.1. The summed E-state index contributed by atoms with van der Waals surface area (Å²) in [5.41, 5.74) is 0.343. The Balaban J connectivity index is 2.00. The van der Waals surface area contributed by atoms with Crippen LogP contribution in [0.15, 0.2) is 29.2 Å². The lowest BCUT2D eigenvalue weighted by Gasteiger charge is -2.29. The number of nitrogens with zero attached hydrogens (tertiary/aromatic N) is 1. The van der Waals surface area contributed by atoms with E-state index in [1.54, 1.807) is 0 Å². The highest BCUT2D eigenvalue weighted by Crippen LogP contribution is 2.23. The van der Waals surface area contributed by atoms with Gasteiger partial charge >= 0.3 is 0 Å². The van der Waals surface area contributed by atoms with E-state index in [4.69, 9.17) is 4.74 Å². The molecule has 7 nitrogen and oxygen atoms in total. The number of benzene rings is 1. The summed E-state index contributed by atoms with van der Waals surface area (Å²) in [6.45, 7) is 3.39. The van der Waals surface area contributed by atoms with Crippen molar-refractivity contribution in [3.63, 3.8) is 0 Å². The van der Waals surface area contributed by atoms with Gasteiger partial charge in [0.15, 0.2) is 0 Å². The normalized spacial score (nSPS) is 18.0. The van der Waals surface area contributed by atoms with Crippen LogP contribution in [0.2, 0.25) is 0 Å². The van der Waals surface area contributed by atoms with Gasteiger partial charge < -0.3 is 15.2 Å². The Morgan fingerprint density at radius 2 is 1.92 bits per heavy atom. The topological polar surface area (TPSA) is 95.9 Å². The molecule has 1 atom stereocenters. The van der Waals surface area contributed by atoms with Gasteiger partial charge in [-0.1, -0.05) is 6.92 Å². The SMILES string of the molecule is COCC(O)CNC(=O)c1ccc(S(=O)(=O)N2CCC(C)CC2)cc1. The zero-order chi connectivity index (χ0) is 18.4. The zero-order valence-corrected chi connectivity index (χ0v) is 15.5. The average Bonchev–Trinajstić information content (AvgIpc) is 2.60. The van der Waals surface area contributed by atoms with E-state index in [2.05, 4.69) is 12.2 Å². The van der Waals surface area contributed by atoms with Gasteiger partial charge in [-0.2, -0.15) is 4.31 Å². The largest absolute Gasteiger partial charge is 0.389 e. The second kappa shape index (κ2) is 8.75. The molecule has 1 unspecified atom stereocenters. The van der Waals surface area contributed by atoms with Gasteiger partial charge in [-0.05, 0) is 43.0 Å². The highest BCUT2D eigenvalue weighted by atomic mass is 32.2. The second-order valence-electron chi connectivity index (χ2n) is 6.43. The number of carbonyl (C=O) groups is 1. The van der Waals surface area contributed by atoms with Gasteiger partial charge in [-0.15, -0.1) is 0 Å². The van der Waals surface area contributed by atoms with E-state index in [9.17, 15) is 18.3 Å². The van der Waals surface area contributed by atoms with Crippen molar-refractivity contribution in [2.75, 3.05) is 33.4 Å². The molecule has 1 aromatic carbocycles. The molecule has 0 spiro atoms. The first-order valence-electron chi connectivity index (χ1n) is 8.40. The monoisotopic (exact) mass is 370 g/mol. The molecule has 140 valence electrons. The summed E-state index contributed by atoms with van der Waals surface area (Å²) in [6.07, 6.45) is 0.947. The van der Waals surface area contributed by atoms with E-state index in [1.807, 2.05) is 0 Å². The number of aliphatic hydroxyl groups excluding tert-OH is 1. The van der Waals surface area contributed by atoms with Crippen molar-refractivity contribution in [1.29, 1.82) is 0 Å². The number of piperidine rings is 1. The molecule has 0 aliphatic carbocycles.